The number of hydrogen-bond donors (Lipinski definition) is 0. The van der Waals surface area contributed by atoms with Gasteiger partial charge in [-0.25, -0.2) is 9.37 Å². The van der Waals surface area contributed by atoms with Crippen LogP contribution in [-0.4, -0.2) is 22.5 Å². The largest absolute Gasteiger partial charge is 0.460 e. The van der Waals surface area contributed by atoms with E-state index in [-0.39, 0.29) is 24.3 Å². The van der Waals surface area contributed by atoms with E-state index < -0.39 is 0 Å². The molecule has 158 valence electrons. The molecule has 4 heterocycles. The number of aryl methyl sites for hydroxylation is 1. The Balaban J connectivity index is 1.63. The van der Waals surface area contributed by atoms with E-state index in [2.05, 4.69) is 24.5 Å². The van der Waals surface area contributed by atoms with Gasteiger partial charge < -0.3 is 9.64 Å². The highest BCUT2D eigenvalue weighted by atomic mass is 19.1. The van der Waals surface area contributed by atoms with Crippen molar-refractivity contribution in [2.45, 2.75) is 52.5 Å². The van der Waals surface area contributed by atoms with Crippen LogP contribution in [0.25, 0.3) is 16.6 Å². The van der Waals surface area contributed by atoms with E-state index in [0.29, 0.717) is 18.9 Å². The minimum absolute atomic E-state index is 0.171. The number of esters is 1. The van der Waals surface area contributed by atoms with Crippen LogP contribution < -0.4 is 0 Å². The first-order valence-electron chi connectivity index (χ1n) is 11.1. The van der Waals surface area contributed by atoms with Crippen molar-refractivity contribution < 1.29 is 13.9 Å². The predicted octanol–water partition coefficient (Wildman–Crippen LogP) is 5.30. The molecule has 0 saturated heterocycles. The minimum atomic E-state index is -0.274. The van der Waals surface area contributed by atoms with Crippen LogP contribution in [0.15, 0.2) is 35.6 Å². The second-order valence-corrected chi connectivity index (χ2v) is 9.21. The van der Waals surface area contributed by atoms with Crippen molar-refractivity contribution >= 4 is 22.6 Å². The van der Waals surface area contributed by atoms with Crippen LogP contribution in [0.3, 0.4) is 0 Å². The third-order valence-electron chi connectivity index (χ3n) is 7.66. The van der Waals surface area contributed by atoms with Crippen molar-refractivity contribution in [3.8, 4) is 0 Å². The van der Waals surface area contributed by atoms with Gasteiger partial charge in [0.05, 0.1) is 29.4 Å². The fraction of sp³-hybridized carbons (Fsp3) is 0.385. The van der Waals surface area contributed by atoms with Gasteiger partial charge in [-0.2, -0.15) is 0 Å². The number of ether oxygens (including phenoxy) is 1. The summed E-state index contributed by atoms with van der Waals surface area (Å²) in [5, 5.41) is 1.14. The zero-order chi connectivity index (χ0) is 21.6. The van der Waals surface area contributed by atoms with Crippen molar-refractivity contribution in [3.63, 3.8) is 0 Å². The Morgan fingerprint density at radius 1 is 1.35 bits per heavy atom. The molecule has 3 aliphatic heterocycles. The minimum Gasteiger partial charge on any atom is -0.460 e. The molecular weight excluding hydrogens is 391 g/mol. The van der Waals surface area contributed by atoms with Crippen molar-refractivity contribution in [1.29, 1.82) is 0 Å². The van der Waals surface area contributed by atoms with Gasteiger partial charge >= 0.3 is 5.97 Å². The molecule has 0 saturated carbocycles. The molecule has 2 unspecified atom stereocenters. The molecule has 5 heteroatoms. The smallest absolute Gasteiger partial charge is 0.313 e. The predicted molar refractivity (Wildman–Crippen MR) is 118 cm³/mol. The van der Waals surface area contributed by atoms with E-state index in [0.717, 1.165) is 63.1 Å². The molecular formula is C26H25FN2O2. The molecule has 1 aromatic carbocycles. The van der Waals surface area contributed by atoms with Crippen LogP contribution >= 0.6 is 0 Å². The second-order valence-electron chi connectivity index (χ2n) is 9.21. The number of hydrogen-bond acceptors (Lipinski definition) is 4. The molecule has 0 amide bonds. The highest BCUT2D eigenvalue weighted by molar-refractivity contribution is 5.93. The maximum atomic E-state index is 14.7. The lowest BCUT2D eigenvalue weighted by Crippen LogP contribution is -2.32. The summed E-state index contributed by atoms with van der Waals surface area (Å²) in [6, 6.07) is 1.59. The van der Waals surface area contributed by atoms with Crippen LogP contribution in [0, 0.1) is 18.7 Å². The summed E-state index contributed by atoms with van der Waals surface area (Å²) in [5.74, 6) is -0.236. The summed E-state index contributed by atoms with van der Waals surface area (Å²) in [5.41, 5.74) is 9.92. The molecule has 4 aliphatic rings. The molecule has 1 aliphatic carbocycles. The Morgan fingerprint density at radius 3 is 2.94 bits per heavy atom. The lowest BCUT2D eigenvalue weighted by Gasteiger charge is -2.35. The topological polar surface area (TPSA) is 42.4 Å². The van der Waals surface area contributed by atoms with Gasteiger partial charge in [0, 0.05) is 28.3 Å². The number of allylic oxidation sites excluding steroid dienone is 1. The molecule has 0 N–H and O–H groups in total. The van der Waals surface area contributed by atoms with Gasteiger partial charge in [-0.3, -0.25) is 4.79 Å². The van der Waals surface area contributed by atoms with Gasteiger partial charge in [0.15, 0.2) is 0 Å². The van der Waals surface area contributed by atoms with Crippen LogP contribution in [0.5, 0.6) is 0 Å². The number of pyridine rings is 1. The first-order chi connectivity index (χ1) is 14.9. The van der Waals surface area contributed by atoms with Crippen molar-refractivity contribution in [2.24, 2.45) is 5.92 Å². The van der Waals surface area contributed by atoms with Gasteiger partial charge in [-0.05, 0) is 60.4 Å². The Kier molecular flexibility index (Phi) is 3.81. The molecule has 0 spiro atoms. The average Bonchev–Trinajstić information content (AvgIpc) is 3.11. The van der Waals surface area contributed by atoms with E-state index in [1.807, 2.05) is 13.8 Å². The van der Waals surface area contributed by atoms with E-state index in [1.54, 1.807) is 6.07 Å². The molecule has 0 fully saturated rings. The number of halogens is 1. The SMILES string of the molecule is C=C1C2=C(C=C3c4nc5cc(F)c(C)c6c5c(c4CN13)C(C)CC6)C(CC)C(=O)OC2. The third-order valence-corrected chi connectivity index (χ3v) is 7.66. The highest BCUT2D eigenvalue weighted by Crippen LogP contribution is 2.49. The summed E-state index contributed by atoms with van der Waals surface area (Å²) in [6.07, 6.45) is 4.69. The molecule has 6 rings (SSSR count). The maximum Gasteiger partial charge on any atom is 0.313 e. The normalized spacial score (nSPS) is 24.1. The van der Waals surface area contributed by atoms with E-state index >= 15 is 0 Å². The standard InChI is InChI=1S/C26H25FN2O2/c1-5-15-17-8-22-25-18(10-29(22)14(4)19(17)11-31-26(15)30)23-12(2)6-7-16-13(3)20(27)9-21(28-25)24(16)23/h8-9,12,15H,4-7,10-11H2,1-3H3. The molecule has 0 bridgehead atoms. The van der Waals surface area contributed by atoms with Crippen LogP contribution in [-0.2, 0) is 22.5 Å². The summed E-state index contributed by atoms with van der Waals surface area (Å²) >= 11 is 0. The summed E-state index contributed by atoms with van der Waals surface area (Å²) in [7, 11) is 0. The number of aromatic nitrogens is 1. The highest BCUT2D eigenvalue weighted by Gasteiger charge is 2.41. The van der Waals surface area contributed by atoms with Crippen LogP contribution in [0.1, 0.15) is 60.6 Å². The van der Waals surface area contributed by atoms with Gasteiger partial charge in [0.2, 0.25) is 0 Å². The van der Waals surface area contributed by atoms with Crippen molar-refractivity contribution in [3.05, 3.63) is 69.3 Å². The second kappa shape index (κ2) is 6.28. The van der Waals surface area contributed by atoms with E-state index in [9.17, 15) is 9.18 Å². The van der Waals surface area contributed by atoms with E-state index in [1.165, 1.54) is 11.1 Å². The number of nitrogens with zero attached hydrogens (tertiary/aromatic N) is 2. The average molecular weight is 416 g/mol. The molecule has 2 atom stereocenters. The number of carbonyl (C=O) groups excluding carboxylic acids is 1. The Hall–Kier alpha value is -2.95. The van der Waals surface area contributed by atoms with E-state index in [4.69, 9.17) is 9.72 Å². The van der Waals surface area contributed by atoms with Gasteiger partial charge in [-0.15, -0.1) is 0 Å². The molecule has 2 aromatic rings. The van der Waals surface area contributed by atoms with Crippen LogP contribution in [0.2, 0.25) is 0 Å². The van der Waals surface area contributed by atoms with Gasteiger partial charge in [0.1, 0.15) is 12.4 Å². The first kappa shape index (κ1) is 18.8. The fourth-order valence-corrected chi connectivity index (χ4v) is 5.93. The monoisotopic (exact) mass is 416 g/mol. The zero-order valence-corrected chi connectivity index (χ0v) is 18.1. The molecule has 0 radical (unpaired) electrons. The van der Waals surface area contributed by atoms with Gasteiger partial charge in [0.25, 0.3) is 0 Å². The van der Waals surface area contributed by atoms with Crippen molar-refractivity contribution in [2.75, 3.05) is 6.61 Å². The first-order valence-corrected chi connectivity index (χ1v) is 11.1. The van der Waals surface area contributed by atoms with Gasteiger partial charge in [-0.1, -0.05) is 20.4 Å². The number of carbonyl (C=O) groups is 1. The zero-order valence-electron chi connectivity index (χ0n) is 18.1. The lowest BCUT2D eigenvalue weighted by molar-refractivity contribution is -0.147. The number of rotatable bonds is 1. The number of fused-ring (bicyclic) bond motifs is 4. The Labute approximate surface area is 181 Å². The van der Waals surface area contributed by atoms with Crippen LogP contribution in [0.4, 0.5) is 4.39 Å². The van der Waals surface area contributed by atoms with Crippen molar-refractivity contribution in [1.82, 2.24) is 9.88 Å². The summed E-state index contributed by atoms with van der Waals surface area (Å²) in [4.78, 5) is 19.6. The Morgan fingerprint density at radius 2 is 2.16 bits per heavy atom. The lowest BCUT2D eigenvalue weighted by atomic mass is 9.79. The quantitative estimate of drug-likeness (QED) is 0.592. The molecule has 1 aromatic heterocycles. The third kappa shape index (κ3) is 2.35. The number of benzene rings is 1. The Bertz CT molecular complexity index is 1290. The summed E-state index contributed by atoms with van der Waals surface area (Å²) in [6.45, 7) is 11.5. The molecule has 31 heavy (non-hydrogen) atoms. The number of cyclic esters (lactones) is 1. The molecule has 4 nitrogen and oxygen atoms in total. The summed E-state index contributed by atoms with van der Waals surface area (Å²) < 4.78 is 20.2. The maximum absolute atomic E-state index is 14.7. The fourth-order valence-electron chi connectivity index (χ4n) is 5.93.